The number of carbonyl (C=O) groups excluding carboxylic acids is 1. The fourth-order valence-corrected chi connectivity index (χ4v) is 2.20. The van der Waals surface area contributed by atoms with Crippen molar-refractivity contribution in [2.45, 2.75) is 52.4 Å². The Balaban J connectivity index is 3.44. The van der Waals surface area contributed by atoms with Gasteiger partial charge >= 0.3 is 0 Å². The third kappa shape index (κ3) is 4.21. The zero-order chi connectivity index (χ0) is 16.4. The molecule has 0 radical (unpaired) electrons. The fraction of sp³-hybridized carbons (Fsp3) is 0.588. The maximum absolute atomic E-state index is 12.2. The first-order valence-electron chi connectivity index (χ1n) is 7.34. The number of aromatic hydroxyl groups is 1. The third-order valence-electron chi connectivity index (χ3n) is 3.42. The van der Waals surface area contributed by atoms with E-state index in [1.54, 1.807) is 12.1 Å². The van der Waals surface area contributed by atoms with Crippen molar-refractivity contribution in [3.8, 4) is 5.75 Å². The first-order valence-corrected chi connectivity index (χ1v) is 7.34. The summed E-state index contributed by atoms with van der Waals surface area (Å²) in [6.45, 7) is 13.0. The normalized spacial score (nSPS) is 12.3. The van der Waals surface area contributed by atoms with Gasteiger partial charge in [-0.25, -0.2) is 0 Å². The average Bonchev–Trinajstić information content (AvgIpc) is 2.33. The summed E-state index contributed by atoms with van der Waals surface area (Å²) < 4.78 is 0. The first-order chi connectivity index (χ1) is 9.48. The summed E-state index contributed by atoms with van der Waals surface area (Å²) in [7, 11) is 0. The summed E-state index contributed by atoms with van der Waals surface area (Å²) in [6.07, 6.45) is 0. The minimum Gasteiger partial charge on any atom is -0.507 e. The Hall–Kier alpha value is -1.55. The molecule has 4 heteroatoms. The lowest BCUT2D eigenvalue weighted by atomic mass is 9.78. The summed E-state index contributed by atoms with van der Waals surface area (Å²) in [6, 6.07) is 3.55. The third-order valence-corrected chi connectivity index (χ3v) is 3.42. The molecule has 0 saturated carbocycles. The Labute approximate surface area is 127 Å². The Kier molecular flexibility index (Phi) is 5.05. The number of phenols is 1. The second-order valence-electron chi connectivity index (χ2n) is 7.46. The Morgan fingerprint density at radius 2 is 1.52 bits per heavy atom. The van der Waals surface area contributed by atoms with Gasteiger partial charge in [-0.05, 0) is 23.0 Å². The molecule has 118 valence electrons. The maximum atomic E-state index is 12.2. The number of rotatable bonds is 3. The largest absolute Gasteiger partial charge is 0.507 e. The second kappa shape index (κ2) is 6.06. The zero-order valence-electron chi connectivity index (χ0n) is 14.0. The number of phenolic OH excluding ortho intramolecular Hbond substituents is 1. The van der Waals surface area contributed by atoms with Gasteiger partial charge in [0.25, 0.3) is 5.91 Å². The van der Waals surface area contributed by atoms with E-state index in [2.05, 4.69) is 5.32 Å². The van der Waals surface area contributed by atoms with Crippen LogP contribution in [0.5, 0.6) is 5.75 Å². The number of nitrogens with two attached hydrogens (primary N) is 1. The highest BCUT2D eigenvalue weighted by atomic mass is 16.3. The van der Waals surface area contributed by atoms with E-state index in [0.717, 1.165) is 11.1 Å². The molecule has 0 aliphatic heterocycles. The van der Waals surface area contributed by atoms with Crippen LogP contribution in [0, 0.1) is 0 Å². The molecule has 0 aliphatic carbocycles. The zero-order valence-corrected chi connectivity index (χ0v) is 14.0. The molecule has 1 rings (SSSR count). The lowest BCUT2D eigenvalue weighted by molar-refractivity contribution is 0.0954. The SMILES string of the molecule is CC(C)(C)c1cc(C(=O)NCCN)cc(C(C)(C)C)c1O. The first kappa shape index (κ1) is 17.5. The van der Waals surface area contributed by atoms with Crippen molar-refractivity contribution in [1.82, 2.24) is 5.32 Å². The van der Waals surface area contributed by atoms with Gasteiger partial charge in [-0.1, -0.05) is 41.5 Å². The number of hydrogen-bond donors (Lipinski definition) is 3. The van der Waals surface area contributed by atoms with Crippen molar-refractivity contribution >= 4 is 5.91 Å². The molecule has 0 saturated heterocycles. The molecule has 4 nitrogen and oxygen atoms in total. The van der Waals surface area contributed by atoms with Gasteiger partial charge in [0, 0.05) is 29.8 Å². The molecule has 1 aromatic rings. The van der Waals surface area contributed by atoms with Crippen LogP contribution < -0.4 is 11.1 Å². The van der Waals surface area contributed by atoms with E-state index >= 15 is 0 Å². The van der Waals surface area contributed by atoms with Crippen molar-refractivity contribution < 1.29 is 9.90 Å². The maximum Gasteiger partial charge on any atom is 0.251 e. The molecule has 4 N–H and O–H groups in total. The van der Waals surface area contributed by atoms with E-state index in [4.69, 9.17) is 5.73 Å². The number of amides is 1. The highest BCUT2D eigenvalue weighted by Crippen LogP contribution is 2.39. The topological polar surface area (TPSA) is 75.4 Å². The lowest BCUT2D eigenvalue weighted by Crippen LogP contribution is -2.30. The average molecular weight is 292 g/mol. The minimum atomic E-state index is -0.242. The Morgan fingerprint density at radius 3 is 1.86 bits per heavy atom. The molecule has 1 amide bonds. The van der Waals surface area contributed by atoms with Crippen molar-refractivity contribution in [3.05, 3.63) is 28.8 Å². The summed E-state index contributed by atoms with van der Waals surface area (Å²) >= 11 is 0. The van der Waals surface area contributed by atoms with Crippen LogP contribution in [0.4, 0.5) is 0 Å². The number of carbonyl (C=O) groups is 1. The van der Waals surface area contributed by atoms with Crippen LogP contribution in [0.1, 0.15) is 63.0 Å². The molecule has 0 spiro atoms. The van der Waals surface area contributed by atoms with Crippen LogP contribution >= 0.6 is 0 Å². The number of hydrogen-bond acceptors (Lipinski definition) is 3. The van der Waals surface area contributed by atoms with Gasteiger partial charge in [0.1, 0.15) is 5.75 Å². The van der Waals surface area contributed by atoms with Crippen LogP contribution in [-0.4, -0.2) is 24.1 Å². The van der Waals surface area contributed by atoms with Crippen LogP contribution in [0.3, 0.4) is 0 Å². The Morgan fingerprint density at radius 1 is 1.10 bits per heavy atom. The quantitative estimate of drug-likeness (QED) is 0.801. The van der Waals surface area contributed by atoms with Crippen LogP contribution in [-0.2, 0) is 10.8 Å². The lowest BCUT2D eigenvalue weighted by Gasteiger charge is -2.28. The van der Waals surface area contributed by atoms with Crippen molar-refractivity contribution in [2.24, 2.45) is 5.73 Å². The van der Waals surface area contributed by atoms with E-state index in [-0.39, 0.29) is 22.5 Å². The van der Waals surface area contributed by atoms with Crippen molar-refractivity contribution in [3.63, 3.8) is 0 Å². The molecule has 0 unspecified atom stereocenters. The molecule has 0 heterocycles. The molecular formula is C17H28N2O2. The predicted molar refractivity (Wildman–Crippen MR) is 86.9 cm³/mol. The van der Waals surface area contributed by atoms with Gasteiger partial charge < -0.3 is 16.2 Å². The van der Waals surface area contributed by atoms with Crippen LogP contribution in [0.2, 0.25) is 0 Å². The van der Waals surface area contributed by atoms with Gasteiger partial charge in [0.2, 0.25) is 0 Å². The van der Waals surface area contributed by atoms with E-state index in [1.165, 1.54) is 0 Å². The molecule has 0 aromatic heterocycles. The van der Waals surface area contributed by atoms with E-state index in [1.807, 2.05) is 41.5 Å². The summed E-state index contributed by atoms with van der Waals surface area (Å²) in [4.78, 5) is 12.2. The highest BCUT2D eigenvalue weighted by Gasteiger charge is 2.27. The molecule has 21 heavy (non-hydrogen) atoms. The molecule has 0 bridgehead atoms. The van der Waals surface area contributed by atoms with Gasteiger partial charge in [-0.15, -0.1) is 0 Å². The minimum absolute atomic E-state index is 0.156. The summed E-state index contributed by atoms with van der Waals surface area (Å²) in [5.41, 5.74) is 7.07. The van der Waals surface area contributed by atoms with Gasteiger partial charge in [0.15, 0.2) is 0 Å². The van der Waals surface area contributed by atoms with E-state index < -0.39 is 0 Å². The number of benzene rings is 1. The van der Waals surface area contributed by atoms with Crippen molar-refractivity contribution in [1.29, 1.82) is 0 Å². The molecule has 1 aromatic carbocycles. The van der Waals surface area contributed by atoms with E-state index in [0.29, 0.717) is 18.7 Å². The molecule has 0 atom stereocenters. The van der Waals surface area contributed by atoms with Crippen LogP contribution in [0.25, 0.3) is 0 Å². The van der Waals surface area contributed by atoms with Crippen molar-refractivity contribution in [2.75, 3.05) is 13.1 Å². The van der Waals surface area contributed by atoms with Crippen LogP contribution in [0.15, 0.2) is 12.1 Å². The highest BCUT2D eigenvalue weighted by molar-refractivity contribution is 5.95. The molecular weight excluding hydrogens is 264 g/mol. The summed E-state index contributed by atoms with van der Waals surface area (Å²) in [5.74, 6) is 0.127. The molecule has 0 fully saturated rings. The van der Waals surface area contributed by atoms with Gasteiger partial charge in [0.05, 0.1) is 0 Å². The van der Waals surface area contributed by atoms with Gasteiger partial charge in [-0.3, -0.25) is 4.79 Å². The standard InChI is InChI=1S/C17H28N2O2/c1-16(2,3)12-9-11(15(21)19-8-7-18)10-13(14(12)20)17(4,5)6/h9-10,20H,7-8,18H2,1-6H3,(H,19,21). The smallest absolute Gasteiger partial charge is 0.251 e. The Bertz CT molecular complexity index is 488. The molecule has 0 aliphatic rings. The van der Waals surface area contributed by atoms with Gasteiger partial charge in [-0.2, -0.15) is 0 Å². The second-order valence-corrected chi connectivity index (χ2v) is 7.46. The monoisotopic (exact) mass is 292 g/mol. The predicted octanol–water partition coefficient (Wildman–Crippen LogP) is 2.68. The summed E-state index contributed by atoms with van der Waals surface area (Å²) in [5, 5.41) is 13.4. The van der Waals surface area contributed by atoms with E-state index in [9.17, 15) is 9.90 Å². The fourth-order valence-electron chi connectivity index (χ4n) is 2.20. The number of nitrogens with one attached hydrogen (secondary N) is 1.